The average molecular weight is 237 g/mol. The van der Waals surface area contributed by atoms with Gasteiger partial charge in [0.2, 0.25) is 5.88 Å². The number of pyridine rings is 1. The van der Waals surface area contributed by atoms with E-state index in [4.69, 9.17) is 16.2 Å². The standard InChI is InChI=1S/C12H19N3O2/c1-2-3-4-5-8-17-12-9(13)6-7-10(15-12)11(14)16/h6-7H,2-5,8,13H2,1H3,(H2,14,16). The third-order valence-electron chi connectivity index (χ3n) is 2.38. The molecule has 0 aliphatic carbocycles. The van der Waals surface area contributed by atoms with Gasteiger partial charge in [0, 0.05) is 0 Å². The topological polar surface area (TPSA) is 91.2 Å². The number of hydrogen-bond acceptors (Lipinski definition) is 4. The fourth-order valence-electron chi connectivity index (χ4n) is 1.40. The van der Waals surface area contributed by atoms with Crippen LogP contribution in [0.15, 0.2) is 12.1 Å². The van der Waals surface area contributed by atoms with Gasteiger partial charge >= 0.3 is 0 Å². The molecule has 17 heavy (non-hydrogen) atoms. The predicted molar refractivity (Wildman–Crippen MR) is 66.8 cm³/mol. The quantitative estimate of drug-likeness (QED) is 0.706. The Kier molecular flexibility index (Phi) is 5.26. The van der Waals surface area contributed by atoms with Crippen LogP contribution in [0.1, 0.15) is 43.1 Å². The molecule has 0 aliphatic rings. The molecule has 5 nitrogen and oxygen atoms in total. The highest BCUT2D eigenvalue weighted by atomic mass is 16.5. The number of unbranched alkanes of at least 4 members (excludes halogenated alkanes) is 3. The second-order valence-electron chi connectivity index (χ2n) is 3.86. The molecule has 0 saturated heterocycles. The highest BCUT2D eigenvalue weighted by molar-refractivity contribution is 5.91. The predicted octanol–water partition coefficient (Wildman–Crippen LogP) is 1.72. The zero-order valence-electron chi connectivity index (χ0n) is 10.1. The Morgan fingerprint density at radius 2 is 2.12 bits per heavy atom. The Labute approximate surface area is 101 Å². The van der Waals surface area contributed by atoms with Gasteiger partial charge in [0.05, 0.1) is 12.3 Å². The number of anilines is 1. The Morgan fingerprint density at radius 1 is 1.35 bits per heavy atom. The molecule has 94 valence electrons. The zero-order chi connectivity index (χ0) is 12.7. The minimum absolute atomic E-state index is 0.169. The fraction of sp³-hybridized carbons (Fsp3) is 0.500. The average Bonchev–Trinajstić information content (AvgIpc) is 2.30. The summed E-state index contributed by atoms with van der Waals surface area (Å²) in [7, 11) is 0. The second-order valence-corrected chi connectivity index (χ2v) is 3.86. The molecule has 0 unspecified atom stereocenters. The van der Waals surface area contributed by atoms with Crippen molar-refractivity contribution < 1.29 is 9.53 Å². The van der Waals surface area contributed by atoms with Crippen LogP contribution >= 0.6 is 0 Å². The van der Waals surface area contributed by atoms with E-state index in [2.05, 4.69) is 11.9 Å². The van der Waals surface area contributed by atoms with Crippen molar-refractivity contribution >= 4 is 11.6 Å². The van der Waals surface area contributed by atoms with Gasteiger partial charge in [0.1, 0.15) is 5.69 Å². The van der Waals surface area contributed by atoms with Crippen molar-refractivity contribution in [2.75, 3.05) is 12.3 Å². The molecule has 0 saturated carbocycles. The molecular weight excluding hydrogens is 218 g/mol. The first-order chi connectivity index (χ1) is 8.15. The second kappa shape index (κ2) is 6.73. The van der Waals surface area contributed by atoms with Gasteiger partial charge < -0.3 is 16.2 Å². The molecule has 0 aromatic carbocycles. The monoisotopic (exact) mass is 237 g/mol. The van der Waals surface area contributed by atoms with Crippen LogP contribution < -0.4 is 16.2 Å². The Morgan fingerprint density at radius 3 is 2.76 bits per heavy atom. The van der Waals surface area contributed by atoms with E-state index in [1.165, 1.54) is 18.9 Å². The van der Waals surface area contributed by atoms with Gasteiger partial charge in [-0.25, -0.2) is 4.98 Å². The lowest BCUT2D eigenvalue weighted by atomic mass is 10.2. The first-order valence-corrected chi connectivity index (χ1v) is 5.84. The van der Waals surface area contributed by atoms with E-state index >= 15 is 0 Å². The van der Waals surface area contributed by atoms with E-state index in [0.717, 1.165) is 12.8 Å². The van der Waals surface area contributed by atoms with E-state index in [1.54, 1.807) is 6.07 Å². The van der Waals surface area contributed by atoms with Gasteiger partial charge in [-0.2, -0.15) is 0 Å². The van der Waals surface area contributed by atoms with E-state index in [0.29, 0.717) is 12.3 Å². The molecule has 0 bridgehead atoms. The largest absolute Gasteiger partial charge is 0.476 e. The zero-order valence-corrected chi connectivity index (χ0v) is 10.1. The lowest BCUT2D eigenvalue weighted by Gasteiger charge is -2.08. The van der Waals surface area contributed by atoms with Crippen LogP contribution in [0.3, 0.4) is 0 Å². The van der Waals surface area contributed by atoms with Crippen LogP contribution in [0, 0.1) is 0 Å². The number of aromatic nitrogens is 1. The van der Waals surface area contributed by atoms with Crippen LogP contribution in [0.5, 0.6) is 5.88 Å². The molecular formula is C12H19N3O2. The molecule has 1 rings (SSSR count). The lowest BCUT2D eigenvalue weighted by Crippen LogP contribution is -2.14. The maximum atomic E-state index is 10.9. The van der Waals surface area contributed by atoms with Crippen LogP contribution in [0.25, 0.3) is 0 Å². The van der Waals surface area contributed by atoms with Gasteiger partial charge in [-0.15, -0.1) is 0 Å². The number of carbonyl (C=O) groups excluding carboxylic acids is 1. The van der Waals surface area contributed by atoms with Gasteiger partial charge in [-0.1, -0.05) is 26.2 Å². The summed E-state index contributed by atoms with van der Waals surface area (Å²) in [6.45, 7) is 2.70. The molecule has 0 radical (unpaired) electrons. The molecule has 0 fully saturated rings. The summed E-state index contributed by atoms with van der Waals surface area (Å²) in [6, 6.07) is 3.07. The summed E-state index contributed by atoms with van der Waals surface area (Å²) in [5.74, 6) is -0.293. The van der Waals surface area contributed by atoms with Crippen molar-refractivity contribution in [2.45, 2.75) is 32.6 Å². The van der Waals surface area contributed by atoms with E-state index < -0.39 is 5.91 Å². The van der Waals surface area contributed by atoms with Gasteiger partial charge in [-0.3, -0.25) is 4.79 Å². The van der Waals surface area contributed by atoms with E-state index in [9.17, 15) is 4.79 Å². The maximum Gasteiger partial charge on any atom is 0.267 e. The highest BCUT2D eigenvalue weighted by Crippen LogP contribution is 2.18. The number of amides is 1. The van der Waals surface area contributed by atoms with E-state index in [1.807, 2.05) is 0 Å². The Balaban J connectivity index is 2.51. The number of carbonyl (C=O) groups is 1. The summed E-state index contributed by atoms with van der Waals surface area (Å²) in [5.41, 5.74) is 11.4. The summed E-state index contributed by atoms with van der Waals surface area (Å²) in [5, 5.41) is 0. The normalized spacial score (nSPS) is 10.2. The molecule has 4 N–H and O–H groups in total. The lowest BCUT2D eigenvalue weighted by molar-refractivity contribution is 0.0994. The highest BCUT2D eigenvalue weighted by Gasteiger charge is 2.07. The maximum absolute atomic E-state index is 10.9. The minimum atomic E-state index is -0.583. The van der Waals surface area contributed by atoms with Crippen molar-refractivity contribution in [2.24, 2.45) is 5.73 Å². The molecule has 0 spiro atoms. The third-order valence-corrected chi connectivity index (χ3v) is 2.38. The number of nitrogens with zero attached hydrogens (tertiary/aromatic N) is 1. The smallest absolute Gasteiger partial charge is 0.267 e. The SMILES string of the molecule is CCCCCCOc1nc(C(N)=O)ccc1N. The summed E-state index contributed by atoms with van der Waals surface area (Å²) in [6.07, 6.45) is 4.44. The number of nitrogen functional groups attached to an aromatic ring is 1. The molecule has 0 aliphatic heterocycles. The number of hydrogen-bond donors (Lipinski definition) is 2. The molecule has 1 amide bonds. The van der Waals surface area contributed by atoms with Crippen molar-refractivity contribution in [3.8, 4) is 5.88 Å². The van der Waals surface area contributed by atoms with Gasteiger partial charge in [-0.05, 0) is 18.6 Å². The number of nitrogens with two attached hydrogens (primary N) is 2. The minimum Gasteiger partial charge on any atom is -0.476 e. The number of rotatable bonds is 7. The fourth-order valence-corrected chi connectivity index (χ4v) is 1.40. The summed E-state index contributed by atoms with van der Waals surface area (Å²) in [4.78, 5) is 14.9. The third kappa shape index (κ3) is 4.30. The van der Waals surface area contributed by atoms with Crippen molar-refractivity contribution in [1.29, 1.82) is 0 Å². The Hall–Kier alpha value is -1.78. The molecule has 1 aromatic rings. The molecule has 1 aromatic heterocycles. The van der Waals surface area contributed by atoms with Crippen molar-refractivity contribution in [3.63, 3.8) is 0 Å². The Bertz CT molecular complexity index is 380. The first kappa shape index (κ1) is 13.3. The van der Waals surface area contributed by atoms with Crippen molar-refractivity contribution in [1.82, 2.24) is 4.98 Å². The van der Waals surface area contributed by atoms with Gasteiger partial charge in [0.15, 0.2) is 0 Å². The van der Waals surface area contributed by atoms with Crippen LogP contribution in [-0.4, -0.2) is 17.5 Å². The summed E-state index contributed by atoms with van der Waals surface area (Å²) >= 11 is 0. The van der Waals surface area contributed by atoms with E-state index in [-0.39, 0.29) is 11.6 Å². The van der Waals surface area contributed by atoms with Gasteiger partial charge in [0.25, 0.3) is 5.91 Å². The summed E-state index contributed by atoms with van der Waals surface area (Å²) < 4.78 is 5.43. The molecule has 0 atom stereocenters. The molecule has 1 heterocycles. The number of primary amides is 1. The van der Waals surface area contributed by atoms with Crippen molar-refractivity contribution in [3.05, 3.63) is 17.8 Å². The number of ether oxygens (including phenoxy) is 1. The van der Waals surface area contributed by atoms with Crippen LogP contribution in [0.2, 0.25) is 0 Å². The first-order valence-electron chi connectivity index (χ1n) is 5.84. The van der Waals surface area contributed by atoms with Crippen LogP contribution in [-0.2, 0) is 0 Å². The van der Waals surface area contributed by atoms with Crippen LogP contribution in [0.4, 0.5) is 5.69 Å². The molecule has 5 heteroatoms.